The molecule has 2 rings (SSSR count). The minimum atomic E-state index is 0.130. The Balaban J connectivity index is 1.64. The molecule has 1 aromatic rings. The minimum absolute atomic E-state index is 0.130. The first-order chi connectivity index (χ1) is 10.6. The van der Waals surface area contributed by atoms with Crippen molar-refractivity contribution >= 4 is 11.7 Å². The molecule has 6 heteroatoms. The largest absolute Gasteiger partial charge is 0.355 e. The highest BCUT2D eigenvalue weighted by atomic mass is 16.2. The second-order valence-corrected chi connectivity index (χ2v) is 5.96. The number of anilines is 1. The van der Waals surface area contributed by atoms with Crippen LogP contribution in [0.15, 0.2) is 24.4 Å². The van der Waals surface area contributed by atoms with Crippen LogP contribution in [-0.2, 0) is 4.79 Å². The molecule has 1 amide bonds. The summed E-state index contributed by atoms with van der Waals surface area (Å²) in [5.41, 5.74) is 0. The van der Waals surface area contributed by atoms with Crippen molar-refractivity contribution in [2.45, 2.75) is 6.42 Å². The van der Waals surface area contributed by atoms with E-state index in [2.05, 4.69) is 25.0 Å². The van der Waals surface area contributed by atoms with Gasteiger partial charge in [0, 0.05) is 38.9 Å². The summed E-state index contributed by atoms with van der Waals surface area (Å²) in [7, 11) is 4.09. The Morgan fingerprint density at radius 1 is 1.27 bits per heavy atom. The maximum Gasteiger partial charge on any atom is 0.234 e. The van der Waals surface area contributed by atoms with E-state index in [1.165, 1.54) is 0 Å². The number of aromatic nitrogens is 1. The summed E-state index contributed by atoms with van der Waals surface area (Å²) in [4.78, 5) is 22.9. The van der Waals surface area contributed by atoms with Gasteiger partial charge < -0.3 is 15.1 Å². The fourth-order valence-corrected chi connectivity index (χ4v) is 2.56. The Hall–Kier alpha value is -1.66. The molecule has 0 spiro atoms. The zero-order valence-corrected chi connectivity index (χ0v) is 13.7. The van der Waals surface area contributed by atoms with E-state index in [0.29, 0.717) is 6.54 Å². The van der Waals surface area contributed by atoms with Gasteiger partial charge in [0.15, 0.2) is 0 Å². The van der Waals surface area contributed by atoms with Crippen LogP contribution in [0.2, 0.25) is 0 Å². The molecule has 1 N–H and O–H groups in total. The number of nitrogens with zero attached hydrogens (tertiary/aromatic N) is 4. The smallest absolute Gasteiger partial charge is 0.234 e. The quantitative estimate of drug-likeness (QED) is 0.733. The molecule has 1 fully saturated rings. The maximum atomic E-state index is 11.9. The van der Waals surface area contributed by atoms with Crippen LogP contribution in [0.4, 0.5) is 5.82 Å². The van der Waals surface area contributed by atoms with Crippen LogP contribution in [0.5, 0.6) is 0 Å². The average Bonchev–Trinajstić information content (AvgIpc) is 2.53. The number of carbonyl (C=O) groups is 1. The Morgan fingerprint density at radius 3 is 2.68 bits per heavy atom. The second-order valence-electron chi connectivity index (χ2n) is 5.96. The third kappa shape index (κ3) is 5.61. The molecule has 0 saturated carbocycles. The van der Waals surface area contributed by atoms with Gasteiger partial charge in [-0.15, -0.1) is 0 Å². The van der Waals surface area contributed by atoms with Crippen molar-refractivity contribution in [1.82, 2.24) is 20.1 Å². The van der Waals surface area contributed by atoms with Crippen LogP contribution in [0.25, 0.3) is 0 Å². The highest BCUT2D eigenvalue weighted by Gasteiger charge is 2.19. The van der Waals surface area contributed by atoms with Gasteiger partial charge >= 0.3 is 0 Å². The number of hydrogen-bond donors (Lipinski definition) is 1. The molecule has 1 aliphatic rings. The Labute approximate surface area is 133 Å². The molecule has 2 heterocycles. The van der Waals surface area contributed by atoms with Crippen LogP contribution in [-0.4, -0.2) is 80.6 Å². The SMILES string of the molecule is CN(C)CCCNC(=O)CN1CCN(c2ccccn2)CC1. The van der Waals surface area contributed by atoms with Crippen molar-refractivity contribution in [3.63, 3.8) is 0 Å². The molecule has 0 atom stereocenters. The molecular weight excluding hydrogens is 278 g/mol. The van der Waals surface area contributed by atoms with Gasteiger partial charge in [0.25, 0.3) is 0 Å². The molecule has 1 aromatic heterocycles. The summed E-state index contributed by atoms with van der Waals surface area (Å²) in [5.74, 6) is 1.15. The average molecular weight is 305 g/mol. The van der Waals surface area contributed by atoms with E-state index in [1.54, 1.807) is 0 Å². The molecule has 122 valence electrons. The number of amides is 1. The summed E-state index contributed by atoms with van der Waals surface area (Å²) in [6.07, 6.45) is 2.81. The van der Waals surface area contributed by atoms with Gasteiger partial charge in [0.2, 0.25) is 5.91 Å². The van der Waals surface area contributed by atoms with Gasteiger partial charge in [0.05, 0.1) is 6.54 Å². The van der Waals surface area contributed by atoms with Gasteiger partial charge in [-0.25, -0.2) is 4.98 Å². The summed E-state index contributed by atoms with van der Waals surface area (Å²) in [6.45, 7) is 5.91. The van der Waals surface area contributed by atoms with Crippen LogP contribution >= 0.6 is 0 Å². The normalized spacial score (nSPS) is 16.0. The van der Waals surface area contributed by atoms with Gasteiger partial charge in [-0.2, -0.15) is 0 Å². The van der Waals surface area contributed by atoms with Gasteiger partial charge in [-0.05, 0) is 39.2 Å². The fraction of sp³-hybridized carbons (Fsp3) is 0.625. The lowest BCUT2D eigenvalue weighted by molar-refractivity contribution is -0.122. The number of carbonyl (C=O) groups excluding carboxylic acids is 1. The third-order valence-electron chi connectivity index (χ3n) is 3.82. The molecule has 1 saturated heterocycles. The lowest BCUT2D eigenvalue weighted by atomic mass is 10.3. The molecule has 22 heavy (non-hydrogen) atoms. The Morgan fingerprint density at radius 2 is 2.05 bits per heavy atom. The van der Waals surface area contributed by atoms with E-state index >= 15 is 0 Å². The van der Waals surface area contributed by atoms with Crippen LogP contribution in [0.3, 0.4) is 0 Å². The molecule has 0 aromatic carbocycles. The number of pyridine rings is 1. The van der Waals surface area contributed by atoms with Gasteiger partial charge in [0.1, 0.15) is 5.82 Å². The predicted octanol–water partition coefficient (Wildman–Crippen LogP) is 0.272. The van der Waals surface area contributed by atoms with Gasteiger partial charge in [-0.3, -0.25) is 9.69 Å². The first-order valence-corrected chi connectivity index (χ1v) is 7.95. The number of piperazine rings is 1. The lowest BCUT2D eigenvalue weighted by Crippen LogP contribution is -2.49. The predicted molar refractivity (Wildman–Crippen MR) is 89.1 cm³/mol. The first kappa shape index (κ1) is 16.7. The Kier molecular flexibility index (Phi) is 6.61. The summed E-state index contributed by atoms with van der Waals surface area (Å²) >= 11 is 0. The molecule has 0 unspecified atom stereocenters. The third-order valence-corrected chi connectivity index (χ3v) is 3.82. The Bertz CT molecular complexity index is 443. The fourth-order valence-electron chi connectivity index (χ4n) is 2.56. The van der Waals surface area contributed by atoms with E-state index in [-0.39, 0.29) is 5.91 Å². The van der Waals surface area contributed by atoms with Crippen LogP contribution < -0.4 is 10.2 Å². The molecule has 0 aliphatic carbocycles. The molecular formula is C16H27N5O. The summed E-state index contributed by atoms with van der Waals surface area (Å²) in [6, 6.07) is 5.98. The zero-order chi connectivity index (χ0) is 15.8. The van der Waals surface area contributed by atoms with E-state index in [1.807, 2.05) is 38.5 Å². The molecule has 6 nitrogen and oxygen atoms in total. The maximum absolute atomic E-state index is 11.9. The topological polar surface area (TPSA) is 51.7 Å². The van der Waals surface area contributed by atoms with Crippen molar-refractivity contribution < 1.29 is 4.79 Å². The minimum Gasteiger partial charge on any atom is -0.355 e. The van der Waals surface area contributed by atoms with Crippen molar-refractivity contribution in [2.75, 3.05) is 64.8 Å². The van der Waals surface area contributed by atoms with Crippen LogP contribution in [0, 0.1) is 0 Å². The molecule has 1 aliphatic heterocycles. The van der Waals surface area contributed by atoms with Crippen molar-refractivity contribution in [3.8, 4) is 0 Å². The van der Waals surface area contributed by atoms with E-state index in [4.69, 9.17) is 0 Å². The van der Waals surface area contributed by atoms with E-state index in [0.717, 1.165) is 51.5 Å². The van der Waals surface area contributed by atoms with Crippen LogP contribution in [0.1, 0.15) is 6.42 Å². The lowest BCUT2D eigenvalue weighted by Gasteiger charge is -2.34. The van der Waals surface area contributed by atoms with Crippen molar-refractivity contribution in [3.05, 3.63) is 24.4 Å². The monoisotopic (exact) mass is 305 g/mol. The number of hydrogen-bond acceptors (Lipinski definition) is 5. The first-order valence-electron chi connectivity index (χ1n) is 7.95. The highest BCUT2D eigenvalue weighted by molar-refractivity contribution is 5.78. The van der Waals surface area contributed by atoms with Crippen molar-refractivity contribution in [2.24, 2.45) is 0 Å². The number of rotatable bonds is 7. The second kappa shape index (κ2) is 8.70. The van der Waals surface area contributed by atoms with Crippen molar-refractivity contribution in [1.29, 1.82) is 0 Å². The number of nitrogens with one attached hydrogen (secondary N) is 1. The molecule has 0 radical (unpaired) electrons. The van der Waals surface area contributed by atoms with E-state index in [9.17, 15) is 4.79 Å². The zero-order valence-electron chi connectivity index (χ0n) is 13.7. The molecule has 0 bridgehead atoms. The van der Waals surface area contributed by atoms with E-state index < -0.39 is 0 Å². The summed E-state index contributed by atoms with van der Waals surface area (Å²) in [5, 5.41) is 2.99. The standard InChI is InChI=1S/C16H27N5O/c1-19(2)9-5-8-18-16(22)14-20-10-12-21(13-11-20)15-6-3-4-7-17-15/h3-4,6-7H,5,8-14H2,1-2H3,(H,18,22). The summed E-state index contributed by atoms with van der Waals surface area (Å²) < 4.78 is 0. The van der Waals surface area contributed by atoms with Gasteiger partial charge in [-0.1, -0.05) is 6.07 Å². The highest BCUT2D eigenvalue weighted by Crippen LogP contribution is 2.12.